The monoisotopic (exact) mass is 234 g/mol. The number of furan rings is 1. The Morgan fingerprint density at radius 3 is 3.00 bits per heavy atom. The van der Waals surface area contributed by atoms with Gasteiger partial charge < -0.3 is 4.42 Å². The molecule has 0 atom stereocenters. The average molecular weight is 235 g/mol. The summed E-state index contributed by atoms with van der Waals surface area (Å²) in [5.74, 6) is 0. The first-order chi connectivity index (χ1) is 7.68. The van der Waals surface area contributed by atoms with Crippen LogP contribution in [-0.2, 0) is 7.05 Å². The van der Waals surface area contributed by atoms with Crippen molar-refractivity contribution in [3.63, 3.8) is 0 Å². The van der Waals surface area contributed by atoms with Crippen LogP contribution in [0.4, 0.5) is 0 Å². The Kier molecular flexibility index (Phi) is 1.82. The van der Waals surface area contributed by atoms with Gasteiger partial charge in [0.1, 0.15) is 5.52 Å². The van der Waals surface area contributed by atoms with Crippen LogP contribution < -0.4 is 5.56 Å². The summed E-state index contributed by atoms with van der Waals surface area (Å²) in [6.45, 7) is 0. The zero-order chi connectivity index (χ0) is 11.3. The van der Waals surface area contributed by atoms with Crippen LogP contribution in [0.5, 0.6) is 0 Å². The van der Waals surface area contributed by atoms with Gasteiger partial charge in [0.25, 0.3) is 5.56 Å². The molecule has 0 amide bonds. The lowest BCUT2D eigenvalue weighted by atomic mass is 10.2. The van der Waals surface area contributed by atoms with Crippen molar-refractivity contribution in [1.82, 2.24) is 9.55 Å². The Balaban J connectivity index is 2.66. The molecule has 5 heteroatoms. The Bertz CT molecular complexity index is 758. The molecule has 1 aromatic carbocycles. The third kappa shape index (κ3) is 1.10. The van der Waals surface area contributed by atoms with Crippen molar-refractivity contribution in [3.8, 4) is 0 Å². The fourth-order valence-corrected chi connectivity index (χ4v) is 1.91. The molecule has 0 unspecified atom stereocenters. The third-order valence-electron chi connectivity index (χ3n) is 2.52. The van der Waals surface area contributed by atoms with Gasteiger partial charge in [-0.05, 0) is 12.1 Å². The maximum atomic E-state index is 11.8. The number of hydrogen-bond acceptors (Lipinski definition) is 3. The molecule has 16 heavy (non-hydrogen) atoms. The van der Waals surface area contributed by atoms with Gasteiger partial charge in [0, 0.05) is 12.4 Å². The lowest BCUT2D eigenvalue weighted by molar-refractivity contribution is 0.651. The molecule has 0 N–H and O–H groups in total. The number of hydrogen-bond donors (Lipinski definition) is 0. The topological polar surface area (TPSA) is 48.0 Å². The number of fused-ring (bicyclic) bond motifs is 3. The van der Waals surface area contributed by atoms with Gasteiger partial charge in [-0.15, -0.1) is 0 Å². The second-order valence-corrected chi connectivity index (χ2v) is 3.96. The molecule has 0 spiro atoms. The molecule has 0 fully saturated rings. The summed E-state index contributed by atoms with van der Waals surface area (Å²) in [6, 6.07) is 5.36. The van der Waals surface area contributed by atoms with E-state index in [4.69, 9.17) is 16.0 Å². The molecule has 0 saturated heterocycles. The van der Waals surface area contributed by atoms with Crippen molar-refractivity contribution < 1.29 is 4.42 Å². The molecule has 0 bridgehead atoms. The van der Waals surface area contributed by atoms with Gasteiger partial charge in [0.05, 0.1) is 11.3 Å². The summed E-state index contributed by atoms with van der Waals surface area (Å²) in [5.41, 5.74) is 1.10. The Morgan fingerprint density at radius 2 is 2.19 bits per heavy atom. The maximum absolute atomic E-state index is 11.8. The third-order valence-corrected chi connectivity index (χ3v) is 2.81. The van der Waals surface area contributed by atoms with Crippen LogP contribution in [0.2, 0.25) is 5.02 Å². The van der Waals surface area contributed by atoms with Crippen LogP contribution in [0.3, 0.4) is 0 Å². The van der Waals surface area contributed by atoms with E-state index in [1.165, 1.54) is 10.9 Å². The molecule has 0 aliphatic carbocycles. The van der Waals surface area contributed by atoms with E-state index in [1.54, 1.807) is 19.2 Å². The van der Waals surface area contributed by atoms with E-state index >= 15 is 0 Å². The van der Waals surface area contributed by atoms with Gasteiger partial charge in [-0.3, -0.25) is 9.36 Å². The molecule has 0 aliphatic rings. The van der Waals surface area contributed by atoms with E-state index in [0.29, 0.717) is 16.1 Å². The summed E-state index contributed by atoms with van der Waals surface area (Å²) in [6.07, 6.45) is 1.47. The smallest absolute Gasteiger partial charge is 0.296 e. The molecule has 4 nitrogen and oxygen atoms in total. The molecule has 0 aliphatic heterocycles. The largest absolute Gasteiger partial charge is 0.447 e. The van der Waals surface area contributed by atoms with E-state index in [9.17, 15) is 4.79 Å². The molecular weight excluding hydrogens is 228 g/mol. The van der Waals surface area contributed by atoms with Gasteiger partial charge in [-0.25, -0.2) is 4.98 Å². The van der Waals surface area contributed by atoms with Gasteiger partial charge in [-0.2, -0.15) is 0 Å². The number of nitrogens with zero attached hydrogens (tertiary/aromatic N) is 2. The van der Waals surface area contributed by atoms with Crippen LogP contribution in [0, 0.1) is 0 Å². The zero-order valence-corrected chi connectivity index (χ0v) is 9.15. The van der Waals surface area contributed by atoms with Crippen molar-refractivity contribution >= 4 is 33.7 Å². The summed E-state index contributed by atoms with van der Waals surface area (Å²) >= 11 is 5.99. The SMILES string of the molecule is Cn1cnc2c(oc3c(Cl)cccc32)c1=O. The van der Waals surface area contributed by atoms with Crippen molar-refractivity contribution in [2.24, 2.45) is 7.05 Å². The highest BCUT2D eigenvalue weighted by atomic mass is 35.5. The first kappa shape index (κ1) is 9.42. The highest BCUT2D eigenvalue weighted by molar-refractivity contribution is 6.35. The maximum Gasteiger partial charge on any atom is 0.296 e. The van der Waals surface area contributed by atoms with Crippen LogP contribution in [0.1, 0.15) is 0 Å². The van der Waals surface area contributed by atoms with Gasteiger partial charge in [0.15, 0.2) is 5.58 Å². The average Bonchev–Trinajstić information content (AvgIpc) is 2.65. The lowest BCUT2D eigenvalue weighted by Crippen LogP contribution is -2.15. The molecule has 80 valence electrons. The second-order valence-electron chi connectivity index (χ2n) is 3.56. The van der Waals surface area contributed by atoms with Crippen molar-refractivity contribution in [3.05, 3.63) is 39.9 Å². The van der Waals surface area contributed by atoms with Crippen LogP contribution in [0.25, 0.3) is 22.1 Å². The lowest BCUT2D eigenvalue weighted by Gasteiger charge is -1.93. The molecule has 3 aromatic rings. The first-order valence-electron chi connectivity index (χ1n) is 4.71. The minimum absolute atomic E-state index is 0.211. The second kappa shape index (κ2) is 3.09. The number of aromatic nitrogens is 2. The normalized spacial score (nSPS) is 11.4. The summed E-state index contributed by atoms with van der Waals surface area (Å²) in [4.78, 5) is 16.0. The highest BCUT2D eigenvalue weighted by Gasteiger charge is 2.13. The van der Waals surface area contributed by atoms with Crippen molar-refractivity contribution in [1.29, 1.82) is 0 Å². The standard InChI is InChI=1S/C11H7ClN2O2/c1-14-5-13-8-6-3-2-4-7(12)9(6)16-10(8)11(14)15/h2-5H,1H3. The van der Waals surface area contributed by atoms with Gasteiger partial charge >= 0.3 is 0 Å². The number of rotatable bonds is 0. The van der Waals surface area contributed by atoms with E-state index in [-0.39, 0.29) is 11.1 Å². The number of benzene rings is 1. The van der Waals surface area contributed by atoms with Gasteiger partial charge in [0.2, 0.25) is 5.58 Å². The molecule has 3 rings (SSSR count). The Hall–Kier alpha value is -1.81. The molecule has 0 saturated carbocycles. The zero-order valence-electron chi connectivity index (χ0n) is 8.40. The fourth-order valence-electron chi connectivity index (χ4n) is 1.70. The fraction of sp³-hybridized carbons (Fsp3) is 0.0909. The predicted octanol–water partition coefficient (Wildman–Crippen LogP) is 2.33. The Morgan fingerprint density at radius 1 is 1.38 bits per heavy atom. The number of para-hydroxylation sites is 1. The Labute approximate surface area is 95.1 Å². The molecule has 2 aromatic heterocycles. The van der Waals surface area contributed by atoms with Crippen molar-refractivity contribution in [2.45, 2.75) is 0 Å². The van der Waals surface area contributed by atoms with E-state index in [2.05, 4.69) is 4.98 Å². The van der Waals surface area contributed by atoms with E-state index < -0.39 is 0 Å². The minimum Gasteiger partial charge on any atom is -0.447 e. The van der Waals surface area contributed by atoms with Crippen molar-refractivity contribution in [2.75, 3.05) is 0 Å². The highest BCUT2D eigenvalue weighted by Crippen LogP contribution is 2.29. The molecule has 0 radical (unpaired) electrons. The molecule has 2 heterocycles. The van der Waals surface area contributed by atoms with Gasteiger partial charge in [-0.1, -0.05) is 17.7 Å². The van der Waals surface area contributed by atoms with Crippen LogP contribution >= 0.6 is 11.6 Å². The summed E-state index contributed by atoms with van der Waals surface area (Å²) in [5, 5.41) is 1.25. The quantitative estimate of drug-likeness (QED) is 0.600. The minimum atomic E-state index is -0.211. The van der Waals surface area contributed by atoms with Crippen LogP contribution in [-0.4, -0.2) is 9.55 Å². The summed E-state index contributed by atoms with van der Waals surface area (Å²) in [7, 11) is 1.63. The predicted molar refractivity (Wildman–Crippen MR) is 61.8 cm³/mol. The number of aryl methyl sites for hydroxylation is 1. The molecular formula is C11H7ClN2O2. The van der Waals surface area contributed by atoms with Crippen LogP contribution in [0.15, 0.2) is 33.7 Å². The van der Waals surface area contributed by atoms with E-state index in [1.807, 2.05) is 6.07 Å². The number of halogens is 1. The summed E-state index contributed by atoms with van der Waals surface area (Å²) < 4.78 is 6.84. The first-order valence-corrected chi connectivity index (χ1v) is 5.08. The van der Waals surface area contributed by atoms with E-state index in [0.717, 1.165) is 5.39 Å².